The predicted octanol–water partition coefficient (Wildman–Crippen LogP) is 2.77. The van der Waals surface area contributed by atoms with Gasteiger partial charge in [-0.3, -0.25) is 0 Å². The van der Waals surface area contributed by atoms with Crippen LogP contribution < -0.4 is 17.2 Å². The molecule has 0 aliphatic heterocycles. The van der Waals surface area contributed by atoms with Crippen LogP contribution in [0.3, 0.4) is 0 Å². The minimum absolute atomic E-state index is 0.638. The molecule has 19 heavy (non-hydrogen) atoms. The highest BCUT2D eigenvalue weighted by Crippen LogP contribution is 2.55. The topological polar surface area (TPSA) is 78.1 Å². The van der Waals surface area contributed by atoms with E-state index in [1.54, 1.807) is 0 Å². The van der Waals surface area contributed by atoms with Gasteiger partial charge in [0.1, 0.15) is 0 Å². The fourth-order valence-electron chi connectivity index (χ4n) is 3.77. The third kappa shape index (κ3) is 5.41. The van der Waals surface area contributed by atoms with Gasteiger partial charge in [0.15, 0.2) is 0 Å². The Hall–Kier alpha value is -0.120. The summed E-state index contributed by atoms with van der Waals surface area (Å²) in [5, 5.41) is 0. The standard InChI is InChI=1S/C16H35N3/c17-12-4-1-7-15-8-11-16(15,9-2-5-13-18)10-3-6-14-19/h15H,1-14,17-19H2. The van der Waals surface area contributed by atoms with E-state index in [9.17, 15) is 0 Å². The van der Waals surface area contributed by atoms with Gasteiger partial charge in [-0.15, -0.1) is 0 Å². The van der Waals surface area contributed by atoms with Gasteiger partial charge < -0.3 is 17.2 Å². The van der Waals surface area contributed by atoms with Gasteiger partial charge >= 0.3 is 0 Å². The maximum Gasteiger partial charge on any atom is -0.00773 e. The Kier molecular flexibility index (Phi) is 8.67. The average molecular weight is 269 g/mol. The zero-order chi connectivity index (χ0) is 14.0. The molecule has 0 aromatic carbocycles. The zero-order valence-electron chi connectivity index (χ0n) is 12.7. The lowest BCUT2D eigenvalue weighted by atomic mass is 9.54. The van der Waals surface area contributed by atoms with Crippen LogP contribution in [0.4, 0.5) is 0 Å². The van der Waals surface area contributed by atoms with Crippen molar-refractivity contribution in [1.82, 2.24) is 0 Å². The molecule has 3 nitrogen and oxygen atoms in total. The summed E-state index contributed by atoms with van der Waals surface area (Å²) in [5.41, 5.74) is 17.5. The molecule has 0 radical (unpaired) electrons. The molecule has 1 fully saturated rings. The molecule has 0 aromatic rings. The molecule has 1 aliphatic rings. The highest BCUT2D eigenvalue weighted by Gasteiger charge is 2.44. The van der Waals surface area contributed by atoms with E-state index in [0.29, 0.717) is 5.41 Å². The van der Waals surface area contributed by atoms with Gasteiger partial charge in [0, 0.05) is 0 Å². The van der Waals surface area contributed by atoms with E-state index >= 15 is 0 Å². The van der Waals surface area contributed by atoms with Crippen LogP contribution >= 0.6 is 0 Å². The molecular weight excluding hydrogens is 234 g/mol. The van der Waals surface area contributed by atoms with Gasteiger partial charge in [0.05, 0.1) is 0 Å². The average Bonchev–Trinajstić information content (AvgIpc) is 2.41. The molecule has 0 amide bonds. The van der Waals surface area contributed by atoms with E-state index in [1.165, 1.54) is 70.6 Å². The second-order valence-corrected chi connectivity index (χ2v) is 6.37. The van der Waals surface area contributed by atoms with Crippen molar-refractivity contribution in [1.29, 1.82) is 0 Å². The van der Waals surface area contributed by atoms with Crippen molar-refractivity contribution in [3.05, 3.63) is 0 Å². The molecule has 0 bridgehead atoms. The minimum Gasteiger partial charge on any atom is -0.330 e. The van der Waals surface area contributed by atoms with E-state index in [1.807, 2.05) is 0 Å². The largest absolute Gasteiger partial charge is 0.330 e. The summed E-state index contributed by atoms with van der Waals surface area (Å²) in [6.45, 7) is 2.54. The number of nitrogens with two attached hydrogens (primary N) is 3. The third-order valence-corrected chi connectivity index (χ3v) is 5.12. The zero-order valence-corrected chi connectivity index (χ0v) is 12.7. The second kappa shape index (κ2) is 9.73. The van der Waals surface area contributed by atoms with Crippen molar-refractivity contribution >= 4 is 0 Å². The Balaban J connectivity index is 2.38. The van der Waals surface area contributed by atoms with Gasteiger partial charge in [0.25, 0.3) is 0 Å². The van der Waals surface area contributed by atoms with E-state index in [4.69, 9.17) is 17.2 Å². The van der Waals surface area contributed by atoms with Crippen LogP contribution in [0, 0.1) is 11.3 Å². The number of unbranched alkanes of at least 4 members (excludes halogenated alkanes) is 3. The third-order valence-electron chi connectivity index (χ3n) is 5.12. The minimum atomic E-state index is 0.638. The van der Waals surface area contributed by atoms with Crippen LogP contribution in [0.15, 0.2) is 0 Å². The Labute approximate surface area is 119 Å². The maximum atomic E-state index is 5.64. The Morgan fingerprint density at radius 1 is 0.737 bits per heavy atom. The first kappa shape index (κ1) is 16.9. The summed E-state index contributed by atoms with van der Waals surface area (Å²) in [7, 11) is 0. The summed E-state index contributed by atoms with van der Waals surface area (Å²) >= 11 is 0. The van der Waals surface area contributed by atoms with Crippen molar-refractivity contribution in [3.8, 4) is 0 Å². The molecule has 1 atom stereocenters. The van der Waals surface area contributed by atoms with Crippen LogP contribution in [0.5, 0.6) is 0 Å². The summed E-state index contributed by atoms with van der Waals surface area (Å²) in [6, 6.07) is 0. The smallest absolute Gasteiger partial charge is 0.00773 e. The SMILES string of the molecule is NCCCCC1CCC1(CCCCN)CCCCN. The Bertz CT molecular complexity index is 208. The van der Waals surface area contributed by atoms with Gasteiger partial charge in [0.2, 0.25) is 0 Å². The lowest BCUT2D eigenvalue weighted by Crippen LogP contribution is -2.40. The maximum absolute atomic E-state index is 5.64. The van der Waals surface area contributed by atoms with E-state index in [-0.39, 0.29) is 0 Å². The fourth-order valence-corrected chi connectivity index (χ4v) is 3.77. The molecular formula is C16H35N3. The van der Waals surface area contributed by atoms with Gasteiger partial charge in [-0.1, -0.05) is 19.3 Å². The number of rotatable bonds is 12. The van der Waals surface area contributed by atoms with Crippen molar-refractivity contribution in [3.63, 3.8) is 0 Å². The quantitative estimate of drug-likeness (QED) is 0.477. The molecule has 1 rings (SSSR count). The summed E-state index contributed by atoms with van der Waals surface area (Å²) < 4.78 is 0. The lowest BCUT2D eigenvalue weighted by Gasteiger charge is -2.51. The van der Waals surface area contributed by atoms with Gasteiger partial charge in [-0.05, 0) is 82.3 Å². The molecule has 3 heteroatoms. The van der Waals surface area contributed by atoms with Gasteiger partial charge in [-0.25, -0.2) is 0 Å². The molecule has 6 N–H and O–H groups in total. The van der Waals surface area contributed by atoms with Crippen molar-refractivity contribution < 1.29 is 0 Å². The van der Waals surface area contributed by atoms with Crippen molar-refractivity contribution in [2.75, 3.05) is 19.6 Å². The van der Waals surface area contributed by atoms with E-state index in [2.05, 4.69) is 0 Å². The molecule has 0 spiro atoms. The van der Waals surface area contributed by atoms with Crippen LogP contribution in [0.2, 0.25) is 0 Å². The Morgan fingerprint density at radius 2 is 1.26 bits per heavy atom. The molecule has 1 saturated carbocycles. The first-order valence-electron chi connectivity index (χ1n) is 8.39. The molecule has 0 saturated heterocycles. The number of hydrogen-bond acceptors (Lipinski definition) is 3. The molecule has 0 aromatic heterocycles. The molecule has 114 valence electrons. The fraction of sp³-hybridized carbons (Fsp3) is 1.00. The van der Waals surface area contributed by atoms with Gasteiger partial charge in [-0.2, -0.15) is 0 Å². The predicted molar refractivity (Wildman–Crippen MR) is 83.9 cm³/mol. The van der Waals surface area contributed by atoms with Crippen LogP contribution in [0.25, 0.3) is 0 Å². The molecule has 0 heterocycles. The van der Waals surface area contributed by atoms with E-state index < -0.39 is 0 Å². The number of hydrogen-bond donors (Lipinski definition) is 3. The highest BCUT2D eigenvalue weighted by molar-refractivity contribution is 4.95. The Morgan fingerprint density at radius 3 is 1.68 bits per heavy atom. The summed E-state index contributed by atoms with van der Waals surface area (Å²) in [6.07, 6.45) is 14.6. The normalized spacial score (nSPS) is 21.3. The van der Waals surface area contributed by atoms with Crippen molar-refractivity contribution in [2.45, 2.75) is 70.6 Å². The monoisotopic (exact) mass is 269 g/mol. The van der Waals surface area contributed by atoms with E-state index in [0.717, 1.165) is 25.6 Å². The lowest BCUT2D eigenvalue weighted by molar-refractivity contribution is -0.00113. The van der Waals surface area contributed by atoms with Crippen molar-refractivity contribution in [2.24, 2.45) is 28.5 Å². The summed E-state index contributed by atoms with van der Waals surface area (Å²) in [5.74, 6) is 0.953. The first-order chi connectivity index (χ1) is 9.29. The highest BCUT2D eigenvalue weighted by atomic mass is 14.5. The second-order valence-electron chi connectivity index (χ2n) is 6.37. The summed E-state index contributed by atoms with van der Waals surface area (Å²) in [4.78, 5) is 0. The first-order valence-corrected chi connectivity index (χ1v) is 8.39. The molecule has 1 unspecified atom stereocenters. The van der Waals surface area contributed by atoms with Crippen LogP contribution in [0.1, 0.15) is 70.6 Å². The van der Waals surface area contributed by atoms with Crippen LogP contribution in [-0.2, 0) is 0 Å². The van der Waals surface area contributed by atoms with Crippen LogP contribution in [-0.4, -0.2) is 19.6 Å². The molecule has 1 aliphatic carbocycles.